The van der Waals surface area contributed by atoms with Crippen LogP contribution in [0.2, 0.25) is 0 Å². The van der Waals surface area contributed by atoms with Gasteiger partial charge in [-0.1, -0.05) is 38.1 Å². The van der Waals surface area contributed by atoms with Crippen LogP contribution < -0.4 is 10.6 Å². The Morgan fingerprint density at radius 2 is 1.80 bits per heavy atom. The minimum atomic E-state index is 0.531. The van der Waals surface area contributed by atoms with Crippen molar-refractivity contribution in [3.05, 3.63) is 78.1 Å². The molecular weight excluding hydrogens is 328 g/mol. The van der Waals surface area contributed by atoms with Crippen LogP contribution >= 0.6 is 12.2 Å². The zero-order valence-corrected chi connectivity index (χ0v) is 15.3. The molecule has 0 fully saturated rings. The fraction of sp³-hybridized carbons (Fsp3) is 0.200. The highest BCUT2D eigenvalue weighted by Crippen LogP contribution is 2.17. The first kappa shape index (κ1) is 17.2. The van der Waals surface area contributed by atoms with E-state index in [1.807, 2.05) is 29.1 Å². The van der Waals surface area contributed by atoms with Crippen molar-refractivity contribution >= 4 is 23.0 Å². The van der Waals surface area contributed by atoms with Gasteiger partial charge in [-0.15, -0.1) is 0 Å². The summed E-state index contributed by atoms with van der Waals surface area (Å²) < 4.78 is 1.84. The summed E-state index contributed by atoms with van der Waals surface area (Å²) in [7, 11) is 0. The van der Waals surface area contributed by atoms with E-state index in [9.17, 15) is 0 Å². The van der Waals surface area contributed by atoms with E-state index in [1.54, 1.807) is 6.20 Å². The van der Waals surface area contributed by atoms with Crippen LogP contribution in [0.25, 0.3) is 5.69 Å². The minimum Gasteiger partial charge on any atom is -0.358 e. The highest BCUT2D eigenvalue weighted by atomic mass is 32.1. The molecule has 0 aliphatic rings. The highest BCUT2D eigenvalue weighted by Gasteiger charge is 2.02. The maximum absolute atomic E-state index is 5.37. The van der Waals surface area contributed by atoms with Crippen molar-refractivity contribution in [2.45, 2.75) is 26.3 Å². The van der Waals surface area contributed by atoms with Gasteiger partial charge >= 0.3 is 0 Å². The van der Waals surface area contributed by atoms with Crippen LogP contribution in [0.3, 0.4) is 0 Å². The molecule has 0 spiro atoms. The van der Waals surface area contributed by atoms with Crippen LogP contribution in [0.5, 0.6) is 0 Å². The second kappa shape index (κ2) is 7.94. The predicted octanol–water partition coefficient (Wildman–Crippen LogP) is 4.48. The fourth-order valence-corrected chi connectivity index (χ4v) is 2.69. The Morgan fingerprint density at radius 3 is 2.40 bits per heavy atom. The number of thiocarbonyl (C=S) groups is 1. The van der Waals surface area contributed by atoms with E-state index in [4.69, 9.17) is 12.2 Å². The SMILES string of the molecule is CC(C)c1ccc(NC(=S)NCc2ccc(-n3cccn3)cc2)cc1. The van der Waals surface area contributed by atoms with Gasteiger partial charge in [-0.25, -0.2) is 4.68 Å². The molecule has 4 nitrogen and oxygen atoms in total. The number of rotatable bonds is 5. The van der Waals surface area contributed by atoms with Crippen LogP contribution in [-0.4, -0.2) is 14.9 Å². The van der Waals surface area contributed by atoms with Crippen molar-refractivity contribution in [2.75, 3.05) is 5.32 Å². The van der Waals surface area contributed by atoms with Gasteiger partial charge in [0.1, 0.15) is 0 Å². The quantitative estimate of drug-likeness (QED) is 0.666. The van der Waals surface area contributed by atoms with Crippen molar-refractivity contribution in [3.63, 3.8) is 0 Å². The Balaban J connectivity index is 1.52. The Morgan fingerprint density at radius 1 is 1.08 bits per heavy atom. The molecule has 25 heavy (non-hydrogen) atoms. The Labute approximate surface area is 153 Å². The van der Waals surface area contributed by atoms with E-state index in [1.165, 1.54) is 5.56 Å². The van der Waals surface area contributed by atoms with Gasteiger partial charge in [0, 0.05) is 24.6 Å². The van der Waals surface area contributed by atoms with E-state index < -0.39 is 0 Å². The number of benzene rings is 2. The summed E-state index contributed by atoms with van der Waals surface area (Å²) in [5.41, 5.74) is 4.52. The van der Waals surface area contributed by atoms with Gasteiger partial charge in [0.15, 0.2) is 5.11 Å². The maximum atomic E-state index is 5.37. The molecule has 0 radical (unpaired) electrons. The second-order valence-corrected chi connectivity index (χ2v) is 6.61. The second-order valence-electron chi connectivity index (χ2n) is 6.20. The molecule has 0 unspecified atom stereocenters. The van der Waals surface area contributed by atoms with E-state index >= 15 is 0 Å². The first-order valence-electron chi connectivity index (χ1n) is 8.35. The third-order valence-corrected chi connectivity index (χ3v) is 4.24. The van der Waals surface area contributed by atoms with Crippen molar-refractivity contribution < 1.29 is 0 Å². The summed E-state index contributed by atoms with van der Waals surface area (Å²) in [6, 6.07) is 18.5. The smallest absolute Gasteiger partial charge is 0.171 e. The lowest BCUT2D eigenvalue weighted by atomic mass is 10.0. The van der Waals surface area contributed by atoms with Gasteiger partial charge in [0.25, 0.3) is 0 Å². The summed E-state index contributed by atoms with van der Waals surface area (Å²) in [6.45, 7) is 5.05. The summed E-state index contributed by atoms with van der Waals surface area (Å²) in [5, 5.41) is 11.3. The molecule has 0 aliphatic carbocycles. The largest absolute Gasteiger partial charge is 0.358 e. The van der Waals surface area contributed by atoms with E-state index in [2.05, 4.69) is 66.0 Å². The lowest BCUT2D eigenvalue weighted by molar-refractivity contribution is 0.867. The van der Waals surface area contributed by atoms with Crippen molar-refractivity contribution in [2.24, 2.45) is 0 Å². The van der Waals surface area contributed by atoms with Gasteiger partial charge in [-0.05, 0) is 59.6 Å². The number of anilines is 1. The molecule has 1 heterocycles. The van der Waals surface area contributed by atoms with Crippen LogP contribution in [0.1, 0.15) is 30.9 Å². The topological polar surface area (TPSA) is 41.9 Å². The van der Waals surface area contributed by atoms with E-state index in [-0.39, 0.29) is 0 Å². The van der Waals surface area contributed by atoms with Crippen LogP contribution in [-0.2, 0) is 6.54 Å². The van der Waals surface area contributed by atoms with Gasteiger partial charge in [-0.3, -0.25) is 0 Å². The van der Waals surface area contributed by atoms with Gasteiger partial charge in [-0.2, -0.15) is 5.10 Å². The molecule has 0 saturated carbocycles. The number of nitrogens with zero attached hydrogens (tertiary/aromatic N) is 2. The molecule has 0 bridgehead atoms. The Kier molecular flexibility index (Phi) is 5.46. The van der Waals surface area contributed by atoms with Crippen molar-refractivity contribution in [1.29, 1.82) is 0 Å². The van der Waals surface area contributed by atoms with Crippen LogP contribution in [0.4, 0.5) is 5.69 Å². The highest BCUT2D eigenvalue weighted by molar-refractivity contribution is 7.80. The van der Waals surface area contributed by atoms with Gasteiger partial charge in [0.2, 0.25) is 0 Å². The number of hydrogen-bond acceptors (Lipinski definition) is 2. The average Bonchev–Trinajstić information content (AvgIpc) is 3.15. The lowest BCUT2D eigenvalue weighted by Crippen LogP contribution is -2.27. The predicted molar refractivity (Wildman–Crippen MR) is 107 cm³/mol. The Hall–Kier alpha value is -2.66. The molecule has 2 aromatic carbocycles. The summed E-state index contributed by atoms with van der Waals surface area (Å²) in [5.74, 6) is 0.531. The van der Waals surface area contributed by atoms with E-state index in [0.29, 0.717) is 17.6 Å². The molecule has 0 amide bonds. The summed E-state index contributed by atoms with van der Waals surface area (Å²) in [4.78, 5) is 0. The average molecular weight is 350 g/mol. The number of nitrogens with one attached hydrogen (secondary N) is 2. The molecule has 3 aromatic rings. The zero-order valence-electron chi connectivity index (χ0n) is 14.4. The monoisotopic (exact) mass is 350 g/mol. The molecule has 1 aromatic heterocycles. The van der Waals surface area contributed by atoms with E-state index in [0.717, 1.165) is 16.9 Å². The molecule has 0 saturated heterocycles. The van der Waals surface area contributed by atoms with Gasteiger partial charge < -0.3 is 10.6 Å². The number of aromatic nitrogens is 2. The fourth-order valence-electron chi connectivity index (χ4n) is 2.50. The van der Waals surface area contributed by atoms with Gasteiger partial charge in [0.05, 0.1) is 5.69 Å². The first-order valence-corrected chi connectivity index (χ1v) is 8.76. The van der Waals surface area contributed by atoms with Crippen LogP contribution in [0, 0.1) is 0 Å². The van der Waals surface area contributed by atoms with Crippen LogP contribution in [0.15, 0.2) is 67.0 Å². The molecule has 128 valence electrons. The zero-order chi connectivity index (χ0) is 17.6. The third kappa shape index (κ3) is 4.67. The maximum Gasteiger partial charge on any atom is 0.171 e. The normalized spacial score (nSPS) is 10.7. The first-order chi connectivity index (χ1) is 12.1. The minimum absolute atomic E-state index is 0.531. The third-order valence-electron chi connectivity index (χ3n) is 3.99. The number of hydrogen-bond donors (Lipinski definition) is 2. The molecular formula is C20H22N4S. The van der Waals surface area contributed by atoms with Crippen molar-refractivity contribution in [3.8, 4) is 5.69 Å². The molecule has 3 rings (SSSR count). The molecule has 2 N–H and O–H groups in total. The lowest BCUT2D eigenvalue weighted by Gasteiger charge is -2.12. The standard InChI is InChI=1S/C20H22N4S/c1-15(2)17-6-8-18(9-7-17)23-20(25)21-14-16-4-10-19(11-5-16)24-13-3-12-22-24/h3-13,15H,14H2,1-2H3,(H2,21,23,25). The molecule has 0 aliphatic heterocycles. The molecule has 5 heteroatoms. The summed E-state index contributed by atoms with van der Waals surface area (Å²) >= 11 is 5.37. The molecule has 0 atom stereocenters. The Bertz CT molecular complexity index is 806. The van der Waals surface area contributed by atoms with Crippen molar-refractivity contribution in [1.82, 2.24) is 15.1 Å². The summed E-state index contributed by atoms with van der Waals surface area (Å²) in [6.07, 6.45) is 3.70.